The van der Waals surface area contributed by atoms with E-state index in [4.69, 9.17) is 8.85 Å². The first-order chi connectivity index (χ1) is 7.56. The number of hydrogen-bond donors (Lipinski definition) is 0. The van der Waals surface area contributed by atoms with E-state index in [-0.39, 0.29) is 0 Å². The van der Waals surface area contributed by atoms with E-state index >= 15 is 0 Å². The molecule has 0 aliphatic heterocycles. The number of nitrogens with zero attached hydrogens (tertiary/aromatic N) is 1. The van der Waals surface area contributed by atoms with Gasteiger partial charge in [0.1, 0.15) is 0 Å². The van der Waals surface area contributed by atoms with Crippen molar-refractivity contribution in [3.63, 3.8) is 0 Å². The van der Waals surface area contributed by atoms with E-state index in [0.29, 0.717) is 25.4 Å². The molecule has 90 valence electrons. The van der Waals surface area contributed by atoms with Crippen LogP contribution in [0.5, 0.6) is 0 Å². The van der Waals surface area contributed by atoms with Crippen molar-refractivity contribution >= 4 is 27.3 Å². The minimum atomic E-state index is -2.24. The molecule has 0 rings (SSSR count). The van der Waals surface area contributed by atoms with E-state index in [9.17, 15) is 14.4 Å². The van der Waals surface area contributed by atoms with Gasteiger partial charge in [0.15, 0.2) is 0 Å². The number of unbranched alkanes of at least 4 members (excludes halogenated alkanes) is 1. The lowest BCUT2D eigenvalue weighted by atomic mass is 10.3. The predicted octanol–water partition coefficient (Wildman–Crippen LogP) is 0.449. The SMILES string of the molecule is CC(=O)O[SiH](CCCCN=C=O)OC(C)=O. The van der Waals surface area contributed by atoms with Crippen molar-refractivity contribution in [3.8, 4) is 0 Å². The van der Waals surface area contributed by atoms with Crippen LogP contribution >= 0.6 is 0 Å². The standard InChI is InChI=1S/C9H15NO5Si/c1-8(12)14-16(15-9(2)13)6-4-3-5-10-7-11/h16H,3-6H2,1-2H3. The Hall–Kier alpha value is -1.46. The zero-order chi connectivity index (χ0) is 12.4. The van der Waals surface area contributed by atoms with Crippen LogP contribution in [0, 0.1) is 0 Å². The van der Waals surface area contributed by atoms with Crippen molar-refractivity contribution < 1.29 is 23.2 Å². The van der Waals surface area contributed by atoms with Crippen LogP contribution < -0.4 is 0 Å². The molecular formula is C9H15NO5Si. The van der Waals surface area contributed by atoms with Gasteiger partial charge in [-0.15, -0.1) is 0 Å². The Bertz CT molecular complexity index is 272. The third-order valence-corrected chi connectivity index (χ3v) is 3.69. The van der Waals surface area contributed by atoms with Gasteiger partial charge in [-0.2, -0.15) is 0 Å². The maximum atomic E-state index is 10.7. The summed E-state index contributed by atoms with van der Waals surface area (Å²) in [5.41, 5.74) is 0. The van der Waals surface area contributed by atoms with Crippen LogP contribution in [0.2, 0.25) is 6.04 Å². The third kappa shape index (κ3) is 9.11. The van der Waals surface area contributed by atoms with Crippen LogP contribution in [0.25, 0.3) is 0 Å². The number of carbonyl (C=O) groups is 2. The van der Waals surface area contributed by atoms with Gasteiger partial charge in [-0.25, -0.2) is 9.79 Å². The molecule has 0 heterocycles. The monoisotopic (exact) mass is 245 g/mol. The molecule has 0 bridgehead atoms. The zero-order valence-electron chi connectivity index (χ0n) is 9.39. The van der Waals surface area contributed by atoms with Crippen molar-refractivity contribution in [1.82, 2.24) is 0 Å². The lowest BCUT2D eigenvalue weighted by Gasteiger charge is -2.13. The number of hydrogen-bond acceptors (Lipinski definition) is 6. The molecule has 0 amide bonds. The molecule has 0 atom stereocenters. The van der Waals surface area contributed by atoms with Gasteiger partial charge in [-0.3, -0.25) is 9.59 Å². The maximum Gasteiger partial charge on any atom is 0.448 e. The van der Waals surface area contributed by atoms with Crippen LogP contribution in [0.15, 0.2) is 4.99 Å². The molecule has 16 heavy (non-hydrogen) atoms. The van der Waals surface area contributed by atoms with Crippen molar-refractivity contribution in [2.24, 2.45) is 4.99 Å². The molecular weight excluding hydrogens is 230 g/mol. The molecule has 6 nitrogen and oxygen atoms in total. The Balaban J connectivity index is 3.86. The lowest BCUT2D eigenvalue weighted by Crippen LogP contribution is -2.27. The summed E-state index contributed by atoms with van der Waals surface area (Å²) >= 11 is 0. The first-order valence-corrected chi connectivity index (χ1v) is 6.70. The molecule has 0 aromatic rings. The number of carbonyl (C=O) groups excluding carboxylic acids is 3. The topological polar surface area (TPSA) is 82.0 Å². The first-order valence-electron chi connectivity index (χ1n) is 4.94. The molecule has 0 aliphatic carbocycles. The second kappa shape index (κ2) is 8.81. The van der Waals surface area contributed by atoms with Gasteiger partial charge >= 0.3 is 9.28 Å². The fourth-order valence-corrected chi connectivity index (χ4v) is 2.71. The van der Waals surface area contributed by atoms with Crippen molar-refractivity contribution in [2.45, 2.75) is 32.7 Å². The highest BCUT2D eigenvalue weighted by atomic mass is 28.3. The summed E-state index contributed by atoms with van der Waals surface area (Å²) in [5, 5.41) is 0. The van der Waals surface area contributed by atoms with Gasteiger partial charge in [0.25, 0.3) is 11.9 Å². The maximum absolute atomic E-state index is 10.7. The van der Waals surface area contributed by atoms with E-state index in [1.165, 1.54) is 19.9 Å². The van der Waals surface area contributed by atoms with Crippen LogP contribution in [-0.2, 0) is 23.2 Å². The summed E-state index contributed by atoms with van der Waals surface area (Å²) in [7, 11) is -2.24. The molecule has 0 fully saturated rings. The Kier molecular flexibility index (Phi) is 8.01. The van der Waals surface area contributed by atoms with Gasteiger partial charge in [0.05, 0.1) is 6.54 Å². The van der Waals surface area contributed by atoms with Gasteiger partial charge in [0.2, 0.25) is 6.08 Å². The van der Waals surface area contributed by atoms with E-state index < -0.39 is 21.2 Å². The summed E-state index contributed by atoms with van der Waals surface area (Å²) in [5.74, 6) is -0.882. The van der Waals surface area contributed by atoms with Crippen molar-refractivity contribution in [3.05, 3.63) is 0 Å². The second-order valence-electron chi connectivity index (χ2n) is 3.12. The number of aliphatic imine (C=N–C) groups is 1. The second-order valence-corrected chi connectivity index (χ2v) is 5.03. The average Bonchev–Trinajstić information content (AvgIpc) is 2.15. The molecule has 0 saturated carbocycles. The highest BCUT2D eigenvalue weighted by Crippen LogP contribution is 2.05. The molecule has 0 aliphatic rings. The summed E-state index contributed by atoms with van der Waals surface area (Å²) in [6.07, 6.45) is 2.81. The van der Waals surface area contributed by atoms with Crippen LogP contribution in [0.3, 0.4) is 0 Å². The molecule has 0 N–H and O–H groups in total. The quantitative estimate of drug-likeness (QED) is 0.281. The third-order valence-electron chi connectivity index (χ3n) is 1.62. The Labute approximate surface area is 95.5 Å². The normalized spacial score (nSPS) is 9.44. The zero-order valence-corrected chi connectivity index (χ0v) is 10.5. The minimum Gasteiger partial charge on any atom is -0.487 e. The number of rotatable bonds is 7. The highest BCUT2D eigenvalue weighted by Gasteiger charge is 2.19. The molecule has 0 spiro atoms. The Morgan fingerprint density at radius 3 is 2.19 bits per heavy atom. The summed E-state index contributed by atoms with van der Waals surface area (Å²) in [6.45, 7) is 2.95. The van der Waals surface area contributed by atoms with Gasteiger partial charge in [0, 0.05) is 19.9 Å². The van der Waals surface area contributed by atoms with Gasteiger partial charge in [-0.1, -0.05) is 0 Å². The van der Waals surface area contributed by atoms with Gasteiger partial charge in [-0.05, 0) is 12.8 Å². The molecule has 0 aromatic heterocycles. The summed E-state index contributed by atoms with van der Waals surface area (Å²) in [6, 6.07) is 0.535. The Morgan fingerprint density at radius 2 is 1.75 bits per heavy atom. The first kappa shape index (κ1) is 14.5. The van der Waals surface area contributed by atoms with Crippen molar-refractivity contribution in [2.75, 3.05) is 6.54 Å². The highest BCUT2D eigenvalue weighted by molar-refractivity contribution is 6.48. The van der Waals surface area contributed by atoms with Gasteiger partial charge < -0.3 is 8.85 Å². The summed E-state index contributed by atoms with van der Waals surface area (Å²) in [4.78, 5) is 34.6. The smallest absolute Gasteiger partial charge is 0.448 e. The molecule has 7 heteroatoms. The average molecular weight is 245 g/mol. The molecule has 0 radical (unpaired) electrons. The fraction of sp³-hybridized carbons (Fsp3) is 0.667. The van der Waals surface area contributed by atoms with E-state index in [0.717, 1.165) is 0 Å². The molecule has 0 saturated heterocycles. The predicted molar refractivity (Wildman–Crippen MR) is 57.7 cm³/mol. The fourth-order valence-electron chi connectivity index (χ4n) is 1.06. The van der Waals surface area contributed by atoms with E-state index in [2.05, 4.69) is 4.99 Å². The summed E-state index contributed by atoms with van der Waals surface area (Å²) < 4.78 is 9.83. The Morgan fingerprint density at radius 1 is 1.19 bits per heavy atom. The largest absolute Gasteiger partial charge is 0.487 e. The van der Waals surface area contributed by atoms with Crippen molar-refractivity contribution in [1.29, 1.82) is 0 Å². The molecule has 0 aromatic carbocycles. The lowest BCUT2D eigenvalue weighted by molar-refractivity contribution is -0.137. The van der Waals surface area contributed by atoms with Crippen LogP contribution in [0.1, 0.15) is 26.7 Å². The van der Waals surface area contributed by atoms with E-state index in [1.807, 2.05) is 0 Å². The van der Waals surface area contributed by atoms with Crippen LogP contribution in [0.4, 0.5) is 0 Å². The minimum absolute atomic E-state index is 0.394. The van der Waals surface area contributed by atoms with Crippen LogP contribution in [-0.4, -0.2) is 33.8 Å². The number of isocyanates is 1. The molecule has 0 unspecified atom stereocenters. The van der Waals surface area contributed by atoms with E-state index in [1.54, 1.807) is 0 Å².